The van der Waals surface area contributed by atoms with Crippen LogP contribution in [0.4, 0.5) is 0 Å². The normalized spacial score (nSPS) is 23.0. The van der Waals surface area contributed by atoms with Crippen molar-refractivity contribution < 1.29 is 26.6 Å². The van der Waals surface area contributed by atoms with Crippen molar-refractivity contribution >= 4 is 17.7 Å². The molecule has 0 bridgehead atoms. The van der Waals surface area contributed by atoms with E-state index in [1.54, 1.807) is 30.3 Å². The third-order valence-corrected chi connectivity index (χ3v) is 6.26. The Morgan fingerprint density at radius 3 is 2.73 bits per heavy atom. The third kappa shape index (κ3) is 4.62. The molecule has 2 unspecified atom stereocenters. The first kappa shape index (κ1) is 19.3. The standard InChI is InChI=1S/C25H27N3O5/c29-23-9-8-21(24(30)26-23)28-15-20-19(25(28)31)2-1-3-22(20)33-16-18-6-4-17(5-7-18)14-27-10-12-32-13-11-27/h1-7,21H,8-16H2,(H,26,29,30)/i4D,16D. The molecule has 3 heterocycles. The van der Waals surface area contributed by atoms with Gasteiger partial charge in [0.1, 0.15) is 18.4 Å². The molecule has 3 aliphatic heterocycles. The Bertz CT molecular complexity index is 1170. The first-order chi connectivity index (χ1) is 16.9. The molecule has 0 spiro atoms. The second kappa shape index (κ2) is 9.33. The van der Waals surface area contributed by atoms with Crippen molar-refractivity contribution in [2.24, 2.45) is 0 Å². The van der Waals surface area contributed by atoms with Crippen molar-refractivity contribution in [1.29, 1.82) is 0 Å². The second-order valence-corrected chi connectivity index (χ2v) is 8.45. The van der Waals surface area contributed by atoms with E-state index in [9.17, 15) is 14.4 Å². The average Bonchev–Trinajstić information content (AvgIpc) is 3.18. The molecule has 3 amide bonds. The summed E-state index contributed by atoms with van der Waals surface area (Å²) in [7, 11) is 0. The lowest BCUT2D eigenvalue weighted by molar-refractivity contribution is -0.136. The van der Waals surface area contributed by atoms with Gasteiger partial charge in [-0.2, -0.15) is 0 Å². The number of carbonyl (C=O) groups excluding carboxylic acids is 3. The van der Waals surface area contributed by atoms with E-state index in [0.717, 1.165) is 18.7 Å². The number of amides is 3. The highest BCUT2D eigenvalue weighted by atomic mass is 16.5. The summed E-state index contributed by atoms with van der Waals surface area (Å²) in [6.07, 6.45) is 0.469. The van der Waals surface area contributed by atoms with Crippen LogP contribution in [0.25, 0.3) is 0 Å². The van der Waals surface area contributed by atoms with Gasteiger partial charge in [-0.15, -0.1) is 0 Å². The maximum absolute atomic E-state index is 13.0. The van der Waals surface area contributed by atoms with E-state index < -0.39 is 18.5 Å². The Hall–Kier alpha value is -3.23. The summed E-state index contributed by atoms with van der Waals surface area (Å²) < 4.78 is 28.3. The minimum absolute atomic E-state index is 0.172. The highest BCUT2D eigenvalue weighted by molar-refractivity contribution is 6.05. The van der Waals surface area contributed by atoms with Gasteiger partial charge >= 0.3 is 0 Å². The highest BCUT2D eigenvalue weighted by Gasteiger charge is 2.40. The molecule has 1 N–H and O–H groups in total. The number of fused-ring (bicyclic) bond motifs is 1. The summed E-state index contributed by atoms with van der Waals surface area (Å²) >= 11 is 0. The summed E-state index contributed by atoms with van der Waals surface area (Å²) in [4.78, 5) is 40.5. The molecular weight excluding hydrogens is 422 g/mol. The zero-order valence-corrected chi connectivity index (χ0v) is 18.2. The zero-order valence-electron chi connectivity index (χ0n) is 20.2. The molecule has 5 rings (SSSR count). The molecule has 8 heteroatoms. The molecule has 0 radical (unpaired) electrons. The van der Waals surface area contributed by atoms with Crippen LogP contribution < -0.4 is 10.1 Å². The quantitative estimate of drug-likeness (QED) is 0.675. The summed E-state index contributed by atoms with van der Waals surface area (Å²) in [5.41, 5.74) is 2.48. The van der Waals surface area contributed by atoms with Crippen LogP contribution in [0, 0.1) is 0 Å². The Balaban J connectivity index is 1.30. The van der Waals surface area contributed by atoms with Crippen molar-refractivity contribution in [3.05, 3.63) is 64.7 Å². The first-order valence-corrected chi connectivity index (χ1v) is 11.2. The van der Waals surface area contributed by atoms with Gasteiger partial charge in [0.25, 0.3) is 5.91 Å². The molecule has 3 aliphatic rings. The molecule has 33 heavy (non-hydrogen) atoms. The molecule has 0 aliphatic carbocycles. The number of benzene rings is 2. The Morgan fingerprint density at radius 1 is 1.12 bits per heavy atom. The molecule has 2 atom stereocenters. The maximum atomic E-state index is 13.0. The van der Waals surface area contributed by atoms with Gasteiger partial charge in [-0.25, -0.2) is 0 Å². The van der Waals surface area contributed by atoms with E-state index in [1.165, 1.54) is 4.90 Å². The topological polar surface area (TPSA) is 88.2 Å². The van der Waals surface area contributed by atoms with E-state index in [1.807, 2.05) is 6.07 Å². The van der Waals surface area contributed by atoms with Gasteiger partial charge in [0.05, 0.1) is 22.5 Å². The van der Waals surface area contributed by atoms with Crippen molar-refractivity contribution in [2.75, 3.05) is 26.3 Å². The predicted molar refractivity (Wildman–Crippen MR) is 119 cm³/mol. The van der Waals surface area contributed by atoms with E-state index >= 15 is 0 Å². The smallest absolute Gasteiger partial charge is 0.255 e. The van der Waals surface area contributed by atoms with Gasteiger partial charge in [-0.05, 0) is 29.7 Å². The molecule has 2 saturated heterocycles. The fourth-order valence-electron chi connectivity index (χ4n) is 4.44. The van der Waals surface area contributed by atoms with E-state index in [2.05, 4.69) is 10.2 Å². The molecule has 0 aromatic heterocycles. The zero-order chi connectivity index (χ0) is 24.5. The fourth-order valence-corrected chi connectivity index (χ4v) is 4.44. The predicted octanol–water partition coefficient (Wildman–Crippen LogP) is 1.86. The minimum Gasteiger partial charge on any atom is -0.489 e. The van der Waals surface area contributed by atoms with Crippen molar-refractivity contribution in [2.45, 2.75) is 38.6 Å². The molecule has 2 aromatic rings. The largest absolute Gasteiger partial charge is 0.489 e. The van der Waals surface area contributed by atoms with Crippen molar-refractivity contribution in [3.8, 4) is 5.75 Å². The highest BCUT2D eigenvalue weighted by Crippen LogP contribution is 2.34. The summed E-state index contributed by atoms with van der Waals surface area (Å²) in [5.74, 6) is -0.693. The number of nitrogens with one attached hydrogen (secondary N) is 1. The maximum Gasteiger partial charge on any atom is 0.255 e. The Morgan fingerprint density at radius 2 is 1.94 bits per heavy atom. The SMILES string of the molecule is [2H]c1cc(C([2H])Oc2cccc3c2CN(C2CCC(=O)NC2=O)C3=O)ccc1CN1CCOCC1. The lowest BCUT2D eigenvalue weighted by Gasteiger charge is -2.29. The van der Waals surface area contributed by atoms with E-state index in [-0.39, 0.29) is 31.2 Å². The number of morpholine rings is 1. The summed E-state index contributed by atoms with van der Waals surface area (Å²) in [6.45, 7) is 2.81. The molecule has 8 nitrogen and oxygen atoms in total. The Kier molecular flexibility index (Phi) is 5.44. The van der Waals surface area contributed by atoms with Crippen molar-refractivity contribution in [3.63, 3.8) is 0 Å². The molecule has 2 fully saturated rings. The van der Waals surface area contributed by atoms with Crippen LogP contribution in [-0.2, 0) is 34.0 Å². The number of hydrogen-bond acceptors (Lipinski definition) is 6. The van der Waals surface area contributed by atoms with Crippen LogP contribution in [0.15, 0.2) is 42.4 Å². The number of imide groups is 1. The van der Waals surface area contributed by atoms with E-state index in [4.69, 9.17) is 12.2 Å². The van der Waals surface area contributed by atoms with Crippen LogP contribution in [0.3, 0.4) is 0 Å². The van der Waals surface area contributed by atoms with Crippen LogP contribution in [0.1, 0.15) is 42.6 Å². The first-order valence-electron chi connectivity index (χ1n) is 12.2. The lowest BCUT2D eigenvalue weighted by atomic mass is 10.0. The molecule has 0 saturated carbocycles. The fraction of sp³-hybridized carbons (Fsp3) is 0.400. The number of carbonyl (C=O) groups is 3. The van der Waals surface area contributed by atoms with Gasteiger partial charge in [-0.3, -0.25) is 24.6 Å². The number of rotatable bonds is 6. The molecule has 2 aromatic carbocycles. The van der Waals surface area contributed by atoms with Gasteiger partial charge in [0.2, 0.25) is 11.8 Å². The second-order valence-electron chi connectivity index (χ2n) is 8.45. The van der Waals surface area contributed by atoms with E-state index in [0.29, 0.717) is 48.2 Å². The minimum atomic E-state index is -1.08. The molecular formula is C25H27N3O5. The van der Waals surface area contributed by atoms with Gasteiger partial charge in [-0.1, -0.05) is 30.3 Å². The number of ether oxygens (including phenoxy) is 2. The average molecular weight is 452 g/mol. The number of nitrogens with zero attached hydrogens (tertiary/aromatic N) is 2. The molecule has 172 valence electrons. The van der Waals surface area contributed by atoms with Gasteiger partial charge in [0.15, 0.2) is 0 Å². The summed E-state index contributed by atoms with van der Waals surface area (Å²) in [6, 6.07) is 10.0. The van der Waals surface area contributed by atoms with Crippen LogP contribution in [0.2, 0.25) is 0 Å². The van der Waals surface area contributed by atoms with Crippen LogP contribution in [-0.4, -0.2) is 59.9 Å². The summed E-state index contributed by atoms with van der Waals surface area (Å²) in [5, 5.41) is 2.30. The monoisotopic (exact) mass is 451 g/mol. The number of hydrogen-bond donors (Lipinski definition) is 1. The Labute approximate surface area is 195 Å². The third-order valence-electron chi connectivity index (χ3n) is 6.26. The van der Waals surface area contributed by atoms with Gasteiger partial charge in [0, 0.05) is 37.2 Å². The lowest BCUT2D eigenvalue weighted by Crippen LogP contribution is -2.52. The number of piperidine rings is 1. The van der Waals surface area contributed by atoms with Crippen LogP contribution in [0.5, 0.6) is 5.75 Å². The van der Waals surface area contributed by atoms with Gasteiger partial charge < -0.3 is 14.4 Å². The van der Waals surface area contributed by atoms with Crippen molar-refractivity contribution in [1.82, 2.24) is 15.1 Å². The van der Waals surface area contributed by atoms with Crippen LogP contribution >= 0.6 is 0 Å².